The average Bonchev–Trinajstić information content (AvgIpc) is 2.42. The average molecular weight is 259 g/mol. The van der Waals surface area contributed by atoms with Crippen LogP contribution in [-0.4, -0.2) is 53.5 Å². The van der Waals surface area contributed by atoms with Crippen LogP contribution in [0.5, 0.6) is 5.75 Å². The molecular formula is C14H17N3O2. The van der Waals surface area contributed by atoms with E-state index in [4.69, 9.17) is 5.26 Å². The number of para-hydroxylation sites is 1. The quantitative estimate of drug-likeness (QED) is 0.804. The Kier molecular flexibility index (Phi) is 4.03. The van der Waals surface area contributed by atoms with Crippen molar-refractivity contribution in [3.63, 3.8) is 0 Å². The lowest BCUT2D eigenvalue weighted by Gasteiger charge is -2.33. The normalized spacial score (nSPS) is 16.1. The summed E-state index contributed by atoms with van der Waals surface area (Å²) in [5.41, 5.74) is 1.06. The molecule has 5 nitrogen and oxygen atoms in total. The Morgan fingerprint density at radius 3 is 2.68 bits per heavy atom. The number of phenols is 1. The van der Waals surface area contributed by atoms with Gasteiger partial charge in [0.1, 0.15) is 5.75 Å². The number of nitrogens with zero attached hydrogens (tertiary/aromatic N) is 3. The Morgan fingerprint density at radius 1 is 1.37 bits per heavy atom. The monoisotopic (exact) mass is 259 g/mol. The first-order chi connectivity index (χ1) is 9.13. The van der Waals surface area contributed by atoms with Gasteiger partial charge in [-0.15, -0.1) is 0 Å². The molecule has 0 spiro atoms. The van der Waals surface area contributed by atoms with Crippen LogP contribution in [0, 0.1) is 18.3 Å². The third-order valence-electron chi connectivity index (χ3n) is 3.42. The Balaban J connectivity index is 2.06. The Labute approximate surface area is 112 Å². The first-order valence-corrected chi connectivity index (χ1v) is 6.30. The minimum Gasteiger partial charge on any atom is -0.507 e. The minimum absolute atomic E-state index is 0.0620. The zero-order valence-electron chi connectivity index (χ0n) is 11.0. The van der Waals surface area contributed by atoms with Crippen LogP contribution in [0.4, 0.5) is 0 Å². The third kappa shape index (κ3) is 2.85. The molecule has 2 rings (SSSR count). The van der Waals surface area contributed by atoms with Crippen molar-refractivity contribution in [1.29, 1.82) is 5.26 Å². The van der Waals surface area contributed by atoms with Crippen LogP contribution >= 0.6 is 0 Å². The van der Waals surface area contributed by atoms with Crippen molar-refractivity contribution in [2.45, 2.75) is 6.92 Å². The van der Waals surface area contributed by atoms with Gasteiger partial charge in [0.25, 0.3) is 5.91 Å². The lowest BCUT2D eigenvalue weighted by molar-refractivity contribution is 0.0648. The molecular weight excluding hydrogens is 242 g/mol. The van der Waals surface area contributed by atoms with Crippen molar-refractivity contribution in [1.82, 2.24) is 9.80 Å². The summed E-state index contributed by atoms with van der Waals surface area (Å²) in [6.45, 7) is 4.76. The van der Waals surface area contributed by atoms with Crippen molar-refractivity contribution < 1.29 is 9.90 Å². The largest absolute Gasteiger partial charge is 0.507 e. The molecule has 1 fully saturated rings. The van der Waals surface area contributed by atoms with E-state index in [1.54, 1.807) is 30.0 Å². The summed E-state index contributed by atoms with van der Waals surface area (Å²) >= 11 is 0. The summed E-state index contributed by atoms with van der Waals surface area (Å²) in [6.07, 6.45) is 0. The molecule has 0 bridgehead atoms. The van der Waals surface area contributed by atoms with Crippen LogP contribution in [0.2, 0.25) is 0 Å². The molecule has 1 aromatic rings. The van der Waals surface area contributed by atoms with Gasteiger partial charge in [0, 0.05) is 26.2 Å². The second kappa shape index (κ2) is 5.72. The predicted octanol–water partition coefficient (Wildman–Crippen LogP) is 0.982. The van der Waals surface area contributed by atoms with Gasteiger partial charge in [0.15, 0.2) is 0 Å². The smallest absolute Gasteiger partial charge is 0.257 e. The van der Waals surface area contributed by atoms with Crippen LogP contribution in [0.15, 0.2) is 18.2 Å². The van der Waals surface area contributed by atoms with E-state index < -0.39 is 0 Å². The van der Waals surface area contributed by atoms with Crippen molar-refractivity contribution in [3.8, 4) is 11.8 Å². The molecule has 0 aliphatic carbocycles. The first kappa shape index (κ1) is 13.4. The maximum Gasteiger partial charge on any atom is 0.257 e. The lowest BCUT2D eigenvalue weighted by atomic mass is 10.1. The first-order valence-electron chi connectivity index (χ1n) is 6.30. The van der Waals surface area contributed by atoms with Crippen LogP contribution in [0.3, 0.4) is 0 Å². The zero-order chi connectivity index (χ0) is 13.8. The molecule has 1 saturated heterocycles. The van der Waals surface area contributed by atoms with Gasteiger partial charge < -0.3 is 10.0 Å². The molecule has 1 aromatic carbocycles. The highest BCUT2D eigenvalue weighted by Crippen LogP contribution is 2.23. The van der Waals surface area contributed by atoms with Gasteiger partial charge >= 0.3 is 0 Å². The molecule has 0 unspecified atom stereocenters. The number of amides is 1. The van der Waals surface area contributed by atoms with Gasteiger partial charge in [0.2, 0.25) is 0 Å². The van der Waals surface area contributed by atoms with Crippen molar-refractivity contribution >= 4 is 5.91 Å². The minimum atomic E-state index is -0.141. The van der Waals surface area contributed by atoms with E-state index >= 15 is 0 Å². The number of rotatable bonds is 2. The molecule has 0 saturated carbocycles. The number of carbonyl (C=O) groups excluding carboxylic acids is 1. The maximum absolute atomic E-state index is 12.3. The summed E-state index contributed by atoms with van der Waals surface area (Å²) in [7, 11) is 0. The van der Waals surface area contributed by atoms with Crippen LogP contribution in [0.1, 0.15) is 15.9 Å². The van der Waals surface area contributed by atoms with Gasteiger partial charge in [-0.3, -0.25) is 9.69 Å². The summed E-state index contributed by atoms with van der Waals surface area (Å²) < 4.78 is 0. The SMILES string of the molecule is Cc1cccc(C(=O)N2CCN(CC#N)CC2)c1O. The van der Waals surface area contributed by atoms with Crippen molar-refractivity contribution in [2.75, 3.05) is 32.7 Å². The van der Waals surface area contributed by atoms with E-state index in [9.17, 15) is 9.90 Å². The van der Waals surface area contributed by atoms with Gasteiger partial charge in [-0.05, 0) is 18.6 Å². The van der Waals surface area contributed by atoms with Crippen LogP contribution < -0.4 is 0 Å². The molecule has 0 aromatic heterocycles. The van der Waals surface area contributed by atoms with Gasteiger partial charge in [-0.1, -0.05) is 12.1 Å². The van der Waals surface area contributed by atoms with Crippen LogP contribution in [-0.2, 0) is 0 Å². The summed E-state index contributed by atoms with van der Waals surface area (Å²) in [5, 5.41) is 18.6. The molecule has 1 aliphatic heterocycles. The van der Waals surface area contributed by atoms with E-state index in [-0.39, 0.29) is 11.7 Å². The number of carbonyl (C=O) groups is 1. The fourth-order valence-electron chi connectivity index (χ4n) is 2.21. The molecule has 100 valence electrons. The van der Waals surface area contributed by atoms with Crippen LogP contribution in [0.25, 0.3) is 0 Å². The number of aromatic hydroxyl groups is 1. The van der Waals surface area contributed by atoms with E-state index in [0.29, 0.717) is 43.9 Å². The Hall–Kier alpha value is -2.06. The number of hydrogen-bond donors (Lipinski definition) is 1. The molecule has 5 heteroatoms. The number of phenolic OH excluding ortho intramolecular Hbond substituents is 1. The zero-order valence-corrected chi connectivity index (χ0v) is 11.0. The highest BCUT2D eigenvalue weighted by Gasteiger charge is 2.23. The van der Waals surface area contributed by atoms with Crippen molar-refractivity contribution in [3.05, 3.63) is 29.3 Å². The number of nitriles is 1. The predicted molar refractivity (Wildman–Crippen MR) is 70.8 cm³/mol. The standard InChI is InChI=1S/C14H17N3O2/c1-11-3-2-4-12(13(11)18)14(19)17-9-7-16(6-5-15)8-10-17/h2-4,18H,6-10H2,1H3. The molecule has 0 atom stereocenters. The fraction of sp³-hybridized carbons (Fsp3) is 0.429. The Bertz CT molecular complexity index is 514. The van der Waals surface area contributed by atoms with Gasteiger partial charge in [-0.25, -0.2) is 0 Å². The molecule has 19 heavy (non-hydrogen) atoms. The number of aryl methyl sites for hydroxylation is 1. The van der Waals surface area contributed by atoms with E-state index in [1.807, 2.05) is 4.90 Å². The maximum atomic E-state index is 12.3. The number of piperazine rings is 1. The number of hydrogen-bond acceptors (Lipinski definition) is 4. The molecule has 1 N–H and O–H groups in total. The second-order valence-electron chi connectivity index (χ2n) is 4.70. The van der Waals surface area contributed by atoms with Crippen molar-refractivity contribution in [2.24, 2.45) is 0 Å². The topological polar surface area (TPSA) is 67.6 Å². The summed E-state index contributed by atoms with van der Waals surface area (Å²) in [4.78, 5) is 16.1. The third-order valence-corrected chi connectivity index (χ3v) is 3.42. The lowest BCUT2D eigenvalue weighted by Crippen LogP contribution is -2.48. The number of benzene rings is 1. The van der Waals surface area contributed by atoms with Gasteiger partial charge in [0.05, 0.1) is 18.2 Å². The second-order valence-corrected chi connectivity index (χ2v) is 4.70. The van der Waals surface area contributed by atoms with E-state index in [2.05, 4.69) is 6.07 Å². The Morgan fingerprint density at radius 2 is 2.05 bits per heavy atom. The summed E-state index contributed by atoms with van der Waals surface area (Å²) in [6, 6.07) is 7.30. The molecule has 0 radical (unpaired) electrons. The highest BCUT2D eigenvalue weighted by atomic mass is 16.3. The molecule has 1 aliphatic rings. The summed E-state index contributed by atoms with van der Waals surface area (Å²) in [5.74, 6) is -0.0789. The van der Waals surface area contributed by atoms with E-state index in [1.165, 1.54) is 0 Å². The highest BCUT2D eigenvalue weighted by molar-refractivity contribution is 5.97. The molecule has 1 amide bonds. The van der Waals surface area contributed by atoms with Gasteiger partial charge in [-0.2, -0.15) is 5.26 Å². The molecule has 1 heterocycles. The van der Waals surface area contributed by atoms with E-state index in [0.717, 1.165) is 0 Å². The fourth-order valence-corrected chi connectivity index (χ4v) is 2.21.